The topological polar surface area (TPSA) is 60.3 Å². The van der Waals surface area contributed by atoms with E-state index < -0.39 is 5.97 Å². The van der Waals surface area contributed by atoms with Gasteiger partial charge in [0.2, 0.25) is 0 Å². The van der Waals surface area contributed by atoms with Crippen LogP contribution in [-0.2, 0) is 16.1 Å². The molecule has 1 N–H and O–H groups in total. The molecule has 0 unspecified atom stereocenters. The number of hydrogen-bond acceptors (Lipinski definition) is 3. The number of halogens is 1. The maximum atomic E-state index is 12.2. The molecule has 6 heteroatoms. The number of esters is 1. The highest BCUT2D eigenvalue weighted by Crippen LogP contribution is 2.17. The van der Waals surface area contributed by atoms with Crippen molar-refractivity contribution in [1.29, 1.82) is 0 Å². The Hall–Kier alpha value is -3.05. The van der Waals surface area contributed by atoms with Gasteiger partial charge in [-0.2, -0.15) is 0 Å². The zero-order chi connectivity index (χ0) is 20.1. The van der Waals surface area contributed by atoms with Crippen molar-refractivity contribution in [3.8, 4) is 5.69 Å². The molecule has 144 valence electrons. The first-order chi connectivity index (χ1) is 13.4. The van der Waals surface area contributed by atoms with E-state index in [-0.39, 0.29) is 12.5 Å². The van der Waals surface area contributed by atoms with Crippen LogP contribution in [0.2, 0.25) is 5.02 Å². The van der Waals surface area contributed by atoms with Crippen molar-refractivity contribution in [1.82, 2.24) is 9.88 Å². The van der Waals surface area contributed by atoms with Crippen LogP contribution in [0.15, 0.2) is 60.7 Å². The molecule has 0 saturated carbocycles. The van der Waals surface area contributed by atoms with Gasteiger partial charge in [0.1, 0.15) is 0 Å². The van der Waals surface area contributed by atoms with Crippen LogP contribution >= 0.6 is 11.6 Å². The molecule has 0 aliphatic rings. The average Bonchev–Trinajstić information content (AvgIpc) is 3.04. The second-order valence-electron chi connectivity index (χ2n) is 6.48. The van der Waals surface area contributed by atoms with Gasteiger partial charge in [-0.1, -0.05) is 23.7 Å². The van der Waals surface area contributed by atoms with Gasteiger partial charge in [-0.05, 0) is 67.9 Å². The maximum absolute atomic E-state index is 12.2. The first kappa shape index (κ1) is 19.7. The molecule has 1 heterocycles. The van der Waals surface area contributed by atoms with Crippen molar-refractivity contribution in [2.24, 2.45) is 0 Å². The van der Waals surface area contributed by atoms with Crippen LogP contribution in [0.4, 0.5) is 0 Å². The number of aryl methyl sites for hydroxylation is 2. The summed E-state index contributed by atoms with van der Waals surface area (Å²) >= 11 is 5.83. The van der Waals surface area contributed by atoms with E-state index in [0.717, 1.165) is 22.6 Å². The summed E-state index contributed by atoms with van der Waals surface area (Å²) in [7, 11) is 0. The smallest absolute Gasteiger partial charge is 0.338 e. The molecule has 0 aliphatic carbocycles. The molecule has 1 amide bonds. The van der Waals surface area contributed by atoms with E-state index in [0.29, 0.717) is 17.1 Å². The fourth-order valence-electron chi connectivity index (χ4n) is 2.89. The normalized spacial score (nSPS) is 10.5. The number of carbonyl (C=O) groups excluding carboxylic acids is 2. The Morgan fingerprint density at radius 1 is 0.929 bits per heavy atom. The lowest BCUT2D eigenvalue weighted by molar-refractivity contribution is -0.124. The number of nitrogens with one attached hydrogen (secondary N) is 1. The molecular formula is C22H21ClN2O3. The fourth-order valence-corrected chi connectivity index (χ4v) is 3.02. The van der Waals surface area contributed by atoms with E-state index in [1.165, 1.54) is 0 Å². The van der Waals surface area contributed by atoms with Gasteiger partial charge < -0.3 is 14.6 Å². The van der Waals surface area contributed by atoms with Crippen LogP contribution in [-0.4, -0.2) is 23.1 Å². The van der Waals surface area contributed by atoms with Crippen LogP contribution in [0.3, 0.4) is 0 Å². The highest BCUT2D eigenvalue weighted by molar-refractivity contribution is 6.30. The van der Waals surface area contributed by atoms with Crippen molar-refractivity contribution in [2.45, 2.75) is 20.4 Å². The molecule has 1 aromatic heterocycles. The summed E-state index contributed by atoms with van der Waals surface area (Å²) in [4.78, 5) is 24.1. The predicted molar refractivity (Wildman–Crippen MR) is 109 cm³/mol. The van der Waals surface area contributed by atoms with Gasteiger partial charge in [0.25, 0.3) is 5.91 Å². The number of ether oxygens (including phenoxy) is 1. The van der Waals surface area contributed by atoms with E-state index in [1.807, 2.05) is 50.2 Å². The van der Waals surface area contributed by atoms with Gasteiger partial charge in [-0.25, -0.2) is 4.79 Å². The number of carbonyl (C=O) groups is 2. The van der Waals surface area contributed by atoms with Gasteiger partial charge in [-0.15, -0.1) is 0 Å². The minimum atomic E-state index is -0.533. The summed E-state index contributed by atoms with van der Waals surface area (Å²) in [5.41, 5.74) is 4.51. The number of aromatic nitrogens is 1. The van der Waals surface area contributed by atoms with Crippen LogP contribution < -0.4 is 5.32 Å². The molecule has 3 rings (SSSR count). The van der Waals surface area contributed by atoms with Gasteiger partial charge in [0, 0.05) is 28.6 Å². The summed E-state index contributed by atoms with van der Waals surface area (Å²) in [5, 5.41) is 3.34. The average molecular weight is 397 g/mol. The van der Waals surface area contributed by atoms with Gasteiger partial charge in [0.15, 0.2) is 6.61 Å². The van der Waals surface area contributed by atoms with E-state index in [2.05, 4.69) is 9.88 Å². The quantitative estimate of drug-likeness (QED) is 0.634. The highest BCUT2D eigenvalue weighted by atomic mass is 35.5. The maximum Gasteiger partial charge on any atom is 0.338 e. The largest absolute Gasteiger partial charge is 0.452 e. The van der Waals surface area contributed by atoms with Crippen molar-refractivity contribution in [3.63, 3.8) is 0 Å². The first-order valence-electron chi connectivity index (χ1n) is 8.87. The van der Waals surface area contributed by atoms with Crippen molar-refractivity contribution in [3.05, 3.63) is 88.2 Å². The molecule has 0 aliphatic heterocycles. The molecule has 28 heavy (non-hydrogen) atoms. The van der Waals surface area contributed by atoms with E-state index in [9.17, 15) is 9.59 Å². The first-order valence-corrected chi connectivity index (χ1v) is 9.25. The van der Waals surface area contributed by atoms with Crippen LogP contribution in [0, 0.1) is 13.8 Å². The molecule has 3 aromatic rings. The fraction of sp³-hybridized carbons (Fsp3) is 0.182. The summed E-state index contributed by atoms with van der Waals surface area (Å²) < 4.78 is 7.19. The van der Waals surface area contributed by atoms with Crippen LogP contribution in [0.25, 0.3) is 5.69 Å². The Kier molecular flexibility index (Phi) is 6.16. The Labute approximate surface area is 168 Å². The Bertz CT molecular complexity index is 957. The minimum absolute atomic E-state index is 0.329. The monoisotopic (exact) mass is 396 g/mol. The number of benzene rings is 2. The number of rotatable bonds is 6. The summed E-state index contributed by atoms with van der Waals surface area (Å²) in [6.07, 6.45) is 0. The van der Waals surface area contributed by atoms with E-state index >= 15 is 0 Å². The lowest BCUT2D eigenvalue weighted by Gasteiger charge is -2.10. The molecule has 0 spiro atoms. The number of amides is 1. The molecule has 0 saturated heterocycles. The molecule has 0 fully saturated rings. The Balaban J connectivity index is 1.52. The van der Waals surface area contributed by atoms with Crippen LogP contribution in [0.1, 0.15) is 27.3 Å². The zero-order valence-electron chi connectivity index (χ0n) is 15.7. The highest BCUT2D eigenvalue weighted by Gasteiger charge is 2.11. The molecule has 5 nitrogen and oxygen atoms in total. The lowest BCUT2D eigenvalue weighted by atomic mass is 10.2. The molecule has 2 aromatic carbocycles. The minimum Gasteiger partial charge on any atom is -0.452 e. The second kappa shape index (κ2) is 8.76. The van der Waals surface area contributed by atoms with Crippen molar-refractivity contribution < 1.29 is 14.3 Å². The number of hydrogen-bond donors (Lipinski definition) is 1. The van der Waals surface area contributed by atoms with Crippen molar-refractivity contribution >= 4 is 23.5 Å². The molecule has 0 atom stereocenters. The molecule has 0 radical (unpaired) electrons. The Morgan fingerprint density at radius 3 is 2.14 bits per heavy atom. The van der Waals surface area contributed by atoms with E-state index in [1.54, 1.807) is 24.3 Å². The third kappa shape index (κ3) is 4.81. The van der Waals surface area contributed by atoms with E-state index in [4.69, 9.17) is 16.3 Å². The predicted octanol–water partition coefficient (Wildman–Crippen LogP) is 4.22. The Morgan fingerprint density at radius 2 is 1.54 bits per heavy atom. The van der Waals surface area contributed by atoms with Crippen LogP contribution in [0.5, 0.6) is 0 Å². The number of nitrogens with zero attached hydrogens (tertiary/aromatic N) is 1. The van der Waals surface area contributed by atoms with Gasteiger partial charge in [-0.3, -0.25) is 4.79 Å². The second-order valence-corrected chi connectivity index (χ2v) is 6.91. The standard InChI is InChI=1S/C22H21ClN2O3/c1-15-3-4-16(2)25(15)20-11-7-18(8-12-20)22(27)28-14-21(26)24-13-17-5-9-19(23)10-6-17/h3-12H,13-14H2,1-2H3,(H,24,26). The third-order valence-electron chi connectivity index (χ3n) is 4.37. The van der Waals surface area contributed by atoms with Gasteiger partial charge >= 0.3 is 5.97 Å². The summed E-state index contributed by atoms with van der Waals surface area (Å²) in [6, 6.07) is 18.3. The summed E-state index contributed by atoms with van der Waals surface area (Å²) in [5.74, 6) is -0.896. The SMILES string of the molecule is Cc1ccc(C)n1-c1ccc(C(=O)OCC(=O)NCc2ccc(Cl)cc2)cc1. The lowest BCUT2D eigenvalue weighted by Crippen LogP contribution is -2.28. The zero-order valence-corrected chi connectivity index (χ0v) is 16.5. The molecular weight excluding hydrogens is 376 g/mol. The summed E-state index contributed by atoms with van der Waals surface area (Å²) in [6.45, 7) is 4.07. The molecule has 0 bridgehead atoms. The van der Waals surface area contributed by atoms with Gasteiger partial charge in [0.05, 0.1) is 5.56 Å². The third-order valence-corrected chi connectivity index (χ3v) is 4.62. The van der Waals surface area contributed by atoms with Crippen molar-refractivity contribution in [2.75, 3.05) is 6.61 Å².